The molecule has 1 N–H and O–H groups in total. The third kappa shape index (κ3) is 9.39. The molecule has 0 unspecified atom stereocenters. The predicted molar refractivity (Wildman–Crippen MR) is 197 cm³/mol. The van der Waals surface area contributed by atoms with Gasteiger partial charge in [0.05, 0.1) is 5.69 Å². The monoisotopic (exact) mass is 814 g/mol. The molecule has 257 valence electrons. The van der Waals surface area contributed by atoms with Gasteiger partial charge < -0.3 is 10.1 Å². The number of hydrogen-bond acceptors (Lipinski definition) is 4. The summed E-state index contributed by atoms with van der Waals surface area (Å²) < 4.78 is 0. The zero-order valence-electron chi connectivity index (χ0n) is 31.7. The van der Waals surface area contributed by atoms with E-state index in [-0.39, 0.29) is 53.3 Å². The molecule has 5 heteroatoms. The topological polar surface area (TPSA) is 63.1 Å². The first kappa shape index (κ1) is 40.3. The molecule has 2 aromatic carbocycles. The van der Waals surface area contributed by atoms with E-state index in [4.69, 9.17) is 9.97 Å². The molecule has 0 amide bonds. The number of ketones is 1. The zero-order chi connectivity index (χ0) is 35.2. The number of pyridine rings is 2. The Morgan fingerprint density at radius 3 is 1.74 bits per heavy atom. The van der Waals surface area contributed by atoms with Gasteiger partial charge >= 0.3 is 0 Å². The van der Waals surface area contributed by atoms with E-state index in [1.807, 2.05) is 53.8 Å². The summed E-state index contributed by atoms with van der Waals surface area (Å²) in [6.45, 7) is 33.1. The summed E-state index contributed by atoms with van der Waals surface area (Å²) in [5.74, 6) is 0.197. The van der Waals surface area contributed by atoms with Crippen LogP contribution in [0, 0.1) is 16.9 Å². The molecule has 0 aliphatic carbocycles. The molecule has 1 radical (unpaired) electrons. The largest absolute Gasteiger partial charge is 0.511 e. The standard InChI is InChI=1S/C30H35N2.C12H22O2.Ir/c1-28(2,3)20-12-10-11-19(17-20)26-22-13-14-23-24(21(22)15-16-31-26)18-25(29(4,5)6)32-27(23)30(7,8)9;1-8(9(13)11(2,3)4)10(14)12(5,6)7;/h10,12-18H,1-9H3;13H,1-7H3;/q-1;;/b;9-8-;. The summed E-state index contributed by atoms with van der Waals surface area (Å²) in [5.41, 5.74) is 5.31. The van der Waals surface area contributed by atoms with Crippen molar-refractivity contribution in [2.24, 2.45) is 10.8 Å². The van der Waals surface area contributed by atoms with Gasteiger partial charge in [-0.25, -0.2) is 0 Å². The van der Waals surface area contributed by atoms with Crippen LogP contribution >= 0.6 is 0 Å². The second-order valence-electron chi connectivity index (χ2n) is 17.8. The number of hydrogen-bond donors (Lipinski definition) is 1. The SMILES string of the molecule is C/C(C(=O)C(C)(C)C)=C(/O)C(C)(C)C.CC(C)(C)c1cc[c-]c(-c2nccc3c2ccc2c(C(C)(C)C)nc(C(C)(C)C)cc23)c1.[Ir]. The first-order valence-electron chi connectivity index (χ1n) is 16.5. The molecule has 2 aromatic heterocycles. The van der Waals surface area contributed by atoms with Gasteiger partial charge in [0.2, 0.25) is 0 Å². The van der Waals surface area contributed by atoms with Crippen molar-refractivity contribution in [3.8, 4) is 11.3 Å². The maximum absolute atomic E-state index is 11.8. The van der Waals surface area contributed by atoms with Crippen LogP contribution in [0.1, 0.15) is 128 Å². The Bertz CT molecular complexity index is 1780. The molecule has 0 spiro atoms. The molecular weight excluding hydrogens is 757 g/mol. The Morgan fingerprint density at radius 2 is 1.26 bits per heavy atom. The molecule has 0 saturated carbocycles. The van der Waals surface area contributed by atoms with Gasteiger partial charge in [0.1, 0.15) is 5.76 Å². The number of aliphatic hydroxyl groups is 1. The molecule has 0 bridgehead atoms. The molecule has 0 saturated heterocycles. The summed E-state index contributed by atoms with van der Waals surface area (Å²) in [6, 6.07) is 18.7. The van der Waals surface area contributed by atoms with Crippen molar-refractivity contribution in [1.82, 2.24) is 9.97 Å². The van der Waals surface area contributed by atoms with Crippen LogP contribution in [0.4, 0.5) is 0 Å². The fourth-order valence-electron chi connectivity index (χ4n) is 5.46. The summed E-state index contributed by atoms with van der Waals surface area (Å²) in [7, 11) is 0. The first-order valence-corrected chi connectivity index (χ1v) is 16.5. The Hall–Kier alpha value is -2.88. The molecule has 4 aromatic rings. The number of benzene rings is 2. The van der Waals surface area contributed by atoms with E-state index < -0.39 is 5.41 Å². The Balaban J connectivity index is 0.000000436. The summed E-state index contributed by atoms with van der Waals surface area (Å²) in [5, 5.41) is 14.7. The minimum atomic E-state index is -0.427. The Morgan fingerprint density at radius 1 is 0.681 bits per heavy atom. The average molecular weight is 814 g/mol. The normalized spacial score (nSPS) is 13.4. The fraction of sp³-hybridized carbons (Fsp3) is 0.500. The molecule has 0 fully saturated rings. The Kier molecular flexibility index (Phi) is 11.9. The minimum absolute atomic E-state index is 0. The number of allylic oxidation sites excluding steroid dienone is 2. The fourth-order valence-corrected chi connectivity index (χ4v) is 5.46. The maximum atomic E-state index is 11.8. The quantitative estimate of drug-likeness (QED) is 0.0948. The van der Waals surface area contributed by atoms with Crippen molar-refractivity contribution in [2.75, 3.05) is 0 Å². The van der Waals surface area contributed by atoms with Crippen LogP contribution in [0.15, 0.2) is 60.0 Å². The summed E-state index contributed by atoms with van der Waals surface area (Å²) in [6.07, 6.45) is 1.93. The van der Waals surface area contributed by atoms with Gasteiger partial charge in [0.25, 0.3) is 0 Å². The summed E-state index contributed by atoms with van der Waals surface area (Å²) >= 11 is 0. The third-order valence-corrected chi connectivity index (χ3v) is 8.24. The predicted octanol–water partition coefficient (Wildman–Crippen LogP) is 11.6. The number of fused-ring (bicyclic) bond motifs is 3. The minimum Gasteiger partial charge on any atom is -0.511 e. The molecule has 0 aliphatic rings. The second-order valence-corrected chi connectivity index (χ2v) is 17.8. The van der Waals surface area contributed by atoms with Crippen LogP contribution in [-0.2, 0) is 41.1 Å². The first-order chi connectivity index (χ1) is 20.7. The van der Waals surface area contributed by atoms with Crippen LogP contribution in [0.25, 0.3) is 32.8 Å². The molecule has 47 heavy (non-hydrogen) atoms. The van der Waals surface area contributed by atoms with Crippen molar-refractivity contribution in [1.29, 1.82) is 0 Å². The molecule has 4 nitrogen and oxygen atoms in total. The smallest absolute Gasteiger partial charge is 0.167 e. The van der Waals surface area contributed by atoms with E-state index >= 15 is 0 Å². The van der Waals surface area contributed by atoms with Crippen molar-refractivity contribution >= 4 is 27.3 Å². The Labute approximate surface area is 298 Å². The van der Waals surface area contributed by atoms with Gasteiger partial charge in [-0.1, -0.05) is 116 Å². The van der Waals surface area contributed by atoms with Crippen LogP contribution < -0.4 is 0 Å². The van der Waals surface area contributed by atoms with Crippen molar-refractivity contribution in [3.63, 3.8) is 0 Å². The van der Waals surface area contributed by atoms with Crippen LogP contribution in [0.3, 0.4) is 0 Å². The number of Topliss-reactive ketones (excluding diaryl/α,β-unsaturated/α-hetero) is 1. The van der Waals surface area contributed by atoms with Gasteiger partial charge in [0, 0.05) is 64.6 Å². The van der Waals surface area contributed by atoms with E-state index in [2.05, 4.69) is 105 Å². The zero-order valence-corrected chi connectivity index (χ0v) is 34.1. The van der Waals surface area contributed by atoms with Crippen LogP contribution in [-0.4, -0.2) is 20.9 Å². The maximum Gasteiger partial charge on any atom is 0.167 e. The van der Waals surface area contributed by atoms with E-state index in [1.54, 1.807) is 6.92 Å². The van der Waals surface area contributed by atoms with E-state index in [1.165, 1.54) is 21.7 Å². The number of aromatic nitrogens is 2. The number of nitrogens with zero attached hydrogens (tertiary/aromatic N) is 2. The number of carbonyl (C=O) groups excluding carboxylic acids is 1. The average Bonchev–Trinajstić information content (AvgIpc) is 2.92. The van der Waals surface area contributed by atoms with Crippen molar-refractivity contribution in [2.45, 2.75) is 127 Å². The van der Waals surface area contributed by atoms with Gasteiger partial charge in [0.15, 0.2) is 5.78 Å². The van der Waals surface area contributed by atoms with E-state index in [0.717, 1.165) is 28.0 Å². The summed E-state index contributed by atoms with van der Waals surface area (Å²) in [4.78, 5) is 21.8. The molecule has 4 rings (SSSR count). The van der Waals surface area contributed by atoms with Gasteiger partial charge in [-0.3, -0.25) is 9.78 Å². The van der Waals surface area contributed by atoms with Gasteiger partial charge in [-0.05, 0) is 46.3 Å². The van der Waals surface area contributed by atoms with Crippen LogP contribution in [0.5, 0.6) is 0 Å². The molecular formula is C42H57IrN2O2-. The number of rotatable bonds is 2. The number of carbonyl (C=O) groups is 1. The van der Waals surface area contributed by atoms with Gasteiger partial charge in [-0.15, -0.1) is 35.4 Å². The van der Waals surface area contributed by atoms with Crippen molar-refractivity contribution in [3.05, 3.63) is 83.0 Å². The van der Waals surface area contributed by atoms with Crippen LogP contribution in [0.2, 0.25) is 0 Å². The van der Waals surface area contributed by atoms with E-state index in [9.17, 15) is 9.90 Å². The molecule has 0 aliphatic heterocycles. The second kappa shape index (κ2) is 13.9. The third-order valence-electron chi connectivity index (χ3n) is 8.24. The molecule has 0 atom stereocenters. The molecule has 2 heterocycles. The van der Waals surface area contributed by atoms with Gasteiger partial charge in [-0.2, -0.15) is 0 Å². The van der Waals surface area contributed by atoms with Crippen molar-refractivity contribution < 1.29 is 30.0 Å². The van der Waals surface area contributed by atoms with E-state index in [0.29, 0.717) is 5.57 Å². The number of aliphatic hydroxyl groups excluding tert-OH is 1.